The highest BCUT2D eigenvalue weighted by Crippen LogP contribution is 2.50. The largest absolute Gasteiger partial charge is 0.100 e. The summed E-state index contributed by atoms with van der Waals surface area (Å²) >= 11 is 0. The zero-order valence-corrected chi connectivity index (χ0v) is 9.75. The Labute approximate surface area is 78.5 Å². The molecule has 1 unspecified atom stereocenters. The Morgan fingerprint density at radius 1 is 1.42 bits per heavy atom. The van der Waals surface area contributed by atoms with Crippen LogP contribution < -0.4 is 0 Å². The molecule has 1 heteroatoms. The molecule has 0 aromatic rings. The van der Waals surface area contributed by atoms with Crippen molar-refractivity contribution in [3.05, 3.63) is 24.5 Å². The minimum atomic E-state index is -0.0289. The molecule has 0 heterocycles. The van der Waals surface area contributed by atoms with Crippen LogP contribution in [0.2, 0.25) is 0 Å². The molecule has 0 bridgehead atoms. The summed E-state index contributed by atoms with van der Waals surface area (Å²) in [6.45, 7) is 16.8. The maximum absolute atomic E-state index is 3.92. The maximum atomic E-state index is 3.92. The van der Waals surface area contributed by atoms with E-state index in [1.165, 1.54) is 11.7 Å². The molecule has 0 aliphatic rings. The lowest BCUT2D eigenvalue weighted by molar-refractivity contribution is 0.784. The molecule has 0 nitrogen and oxygen atoms in total. The van der Waals surface area contributed by atoms with Crippen molar-refractivity contribution in [2.24, 2.45) is 0 Å². The second kappa shape index (κ2) is 4.82. The Kier molecular flexibility index (Phi) is 4.78. The van der Waals surface area contributed by atoms with E-state index in [9.17, 15) is 0 Å². The van der Waals surface area contributed by atoms with Crippen molar-refractivity contribution >= 4 is 7.92 Å². The number of allylic oxidation sites excluding steroid dienone is 1. The quantitative estimate of drug-likeness (QED) is 0.449. The lowest BCUT2D eigenvalue weighted by atomic mass is 10.2. The topological polar surface area (TPSA) is 0 Å². The van der Waals surface area contributed by atoms with Crippen LogP contribution in [-0.2, 0) is 0 Å². The SMILES string of the molecule is C=CP(CCC(=C)C)C(C)(C)C. The number of hydrogen-bond acceptors (Lipinski definition) is 0. The van der Waals surface area contributed by atoms with Crippen molar-refractivity contribution in [1.82, 2.24) is 0 Å². The van der Waals surface area contributed by atoms with Gasteiger partial charge in [0.05, 0.1) is 0 Å². The molecular weight excluding hydrogens is 163 g/mol. The fourth-order valence-corrected chi connectivity index (χ4v) is 3.04. The van der Waals surface area contributed by atoms with Gasteiger partial charge >= 0.3 is 0 Å². The molecule has 0 aliphatic carbocycles. The summed E-state index contributed by atoms with van der Waals surface area (Å²) in [4.78, 5) is 0. The predicted octanol–water partition coefficient (Wildman–Crippen LogP) is 4.38. The van der Waals surface area contributed by atoms with E-state index < -0.39 is 0 Å². The van der Waals surface area contributed by atoms with Gasteiger partial charge in [-0.25, -0.2) is 0 Å². The van der Waals surface area contributed by atoms with Crippen LogP contribution in [-0.4, -0.2) is 11.3 Å². The summed E-state index contributed by atoms with van der Waals surface area (Å²) < 4.78 is 0. The van der Waals surface area contributed by atoms with Gasteiger partial charge in [0.1, 0.15) is 0 Å². The van der Waals surface area contributed by atoms with Gasteiger partial charge in [0.2, 0.25) is 0 Å². The summed E-state index contributed by atoms with van der Waals surface area (Å²) in [6, 6.07) is 0. The first-order valence-corrected chi connectivity index (χ1v) is 6.01. The molecule has 0 rings (SSSR count). The summed E-state index contributed by atoms with van der Waals surface area (Å²) in [5.41, 5.74) is 1.29. The van der Waals surface area contributed by atoms with Gasteiger partial charge in [0, 0.05) is 0 Å². The van der Waals surface area contributed by atoms with E-state index in [0.717, 1.165) is 6.42 Å². The molecule has 1 atom stereocenters. The van der Waals surface area contributed by atoms with Crippen molar-refractivity contribution in [2.45, 2.75) is 39.3 Å². The van der Waals surface area contributed by atoms with E-state index in [1.54, 1.807) is 0 Å². The number of rotatable bonds is 4. The molecule has 0 aromatic heterocycles. The predicted molar refractivity (Wildman–Crippen MR) is 61.2 cm³/mol. The minimum absolute atomic E-state index is 0.0289. The Hall–Kier alpha value is -0.0900. The first kappa shape index (κ1) is 11.9. The molecule has 0 saturated heterocycles. The highest BCUT2D eigenvalue weighted by atomic mass is 31.1. The molecule has 0 spiro atoms. The molecule has 0 fully saturated rings. The van der Waals surface area contributed by atoms with Gasteiger partial charge in [-0.05, 0) is 24.7 Å². The Morgan fingerprint density at radius 3 is 2.17 bits per heavy atom. The maximum Gasteiger partial charge on any atom is -0.0145 e. The summed E-state index contributed by atoms with van der Waals surface area (Å²) in [5, 5.41) is 0.409. The summed E-state index contributed by atoms with van der Waals surface area (Å²) in [5.74, 6) is 2.14. The van der Waals surface area contributed by atoms with Gasteiger partial charge < -0.3 is 0 Å². The smallest absolute Gasteiger partial charge is 0.0145 e. The van der Waals surface area contributed by atoms with Crippen LogP contribution in [0.25, 0.3) is 0 Å². The van der Waals surface area contributed by atoms with Crippen LogP contribution in [0.15, 0.2) is 24.5 Å². The fourth-order valence-electron chi connectivity index (χ4n) is 1.01. The van der Waals surface area contributed by atoms with Gasteiger partial charge in [-0.15, -0.1) is 6.58 Å². The van der Waals surface area contributed by atoms with E-state index in [-0.39, 0.29) is 7.92 Å². The normalized spacial score (nSPS) is 14.0. The Balaban J connectivity index is 4.01. The molecular formula is C11H21P. The van der Waals surface area contributed by atoms with Crippen molar-refractivity contribution in [1.29, 1.82) is 0 Å². The van der Waals surface area contributed by atoms with Crippen LogP contribution in [0.5, 0.6) is 0 Å². The first-order valence-electron chi connectivity index (χ1n) is 4.41. The van der Waals surface area contributed by atoms with E-state index >= 15 is 0 Å². The van der Waals surface area contributed by atoms with E-state index in [1.807, 2.05) is 0 Å². The van der Waals surface area contributed by atoms with Crippen molar-refractivity contribution < 1.29 is 0 Å². The lowest BCUT2D eigenvalue weighted by Crippen LogP contribution is -2.11. The van der Waals surface area contributed by atoms with Crippen molar-refractivity contribution in [2.75, 3.05) is 6.16 Å². The minimum Gasteiger partial charge on any atom is -0.100 e. The third-order valence-electron chi connectivity index (χ3n) is 1.86. The number of hydrogen-bond donors (Lipinski definition) is 0. The molecule has 0 N–H and O–H groups in total. The molecule has 70 valence electrons. The zero-order chi connectivity index (χ0) is 9.78. The second-order valence-corrected chi connectivity index (χ2v) is 7.35. The van der Waals surface area contributed by atoms with Gasteiger partial charge in [-0.2, -0.15) is 0 Å². The second-order valence-electron chi connectivity index (χ2n) is 4.25. The lowest BCUT2D eigenvalue weighted by Gasteiger charge is -2.28. The highest BCUT2D eigenvalue weighted by Gasteiger charge is 2.20. The van der Waals surface area contributed by atoms with Crippen LogP contribution in [0.4, 0.5) is 0 Å². The Bertz CT molecular complexity index is 162. The van der Waals surface area contributed by atoms with Crippen LogP contribution >= 0.6 is 7.92 Å². The fraction of sp³-hybridized carbons (Fsp3) is 0.636. The molecule has 12 heavy (non-hydrogen) atoms. The first-order chi connectivity index (χ1) is 5.38. The van der Waals surface area contributed by atoms with E-state index in [4.69, 9.17) is 0 Å². The van der Waals surface area contributed by atoms with Crippen LogP contribution in [0, 0.1) is 0 Å². The van der Waals surface area contributed by atoms with Gasteiger partial charge in [0.15, 0.2) is 0 Å². The highest BCUT2D eigenvalue weighted by molar-refractivity contribution is 7.62. The molecule has 0 amide bonds. The standard InChI is InChI=1S/C11H21P/c1-7-12(11(4,5)6)9-8-10(2)3/h7H,1-2,8-9H2,3-6H3. The molecule has 0 aliphatic heterocycles. The third kappa shape index (κ3) is 4.72. The Morgan fingerprint density at radius 2 is 1.92 bits per heavy atom. The molecule has 0 aromatic carbocycles. The summed E-state index contributed by atoms with van der Waals surface area (Å²) in [6.07, 6.45) is 2.40. The van der Waals surface area contributed by atoms with Gasteiger partial charge in [0.25, 0.3) is 0 Å². The van der Waals surface area contributed by atoms with Gasteiger partial charge in [-0.3, -0.25) is 0 Å². The average Bonchev–Trinajstić information content (AvgIpc) is 1.85. The van der Waals surface area contributed by atoms with E-state index in [2.05, 4.69) is 46.7 Å². The van der Waals surface area contributed by atoms with Gasteiger partial charge in [-0.1, -0.05) is 46.7 Å². The molecule has 0 saturated carbocycles. The van der Waals surface area contributed by atoms with E-state index in [0.29, 0.717) is 5.16 Å². The van der Waals surface area contributed by atoms with Crippen molar-refractivity contribution in [3.8, 4) is 0 Å². The third-order valence-corrected chi connectivity index (χ3v) is 4.73. The van der Waals surface area contributed by atoms with Crippen molar-refractivity contribution in [3.63, 3.8) is 0 Å². The average molecular weight is 184 g/mol. The molecule has 0 radical (unpaired) electrons. The zero-order valence-electron chi connectivity index (χ0n) is 8.85. The van der Waals surface area contributed by atoms with Crippen LogP contribution in [0.1, 0.15) is 34.1 Å². The monoisotopic (exact) mass is 184 g/mol. The summed E-state index contributed by atoms with van der Waals surface area (Å²) in [7, 11) is -0.0289. The van der Waals surface area contributed by atoms with Crippen LogP contribution in [0.3, 0.4) is 0 Å².